The average Bonchev–Trinajstić information content (AvgIpc) is 2.21. The molecule has 18 heavy (non-hydrogen) atoms. The van der Waals surface area contributed by atoms with Gasteiger partial charge in [-0.3, -0.25) is 9.59 Å². The number of carbonyl (C=O) groups excluding carboxylic acids is 2. The predicted octanol–water partition coefficient (Wildman–Crippen LogP) is 2.23. The maximum Gasteiger partial charge on any atom is 0.242 e. The van der Waals surface area contributed by atoms with Gasteiger partial charge in [0.2, 0.25) is 11.8 Å². The third kappa shape index (κ3) is 6.62. The van der Waals surface area contributed by atoms with Gasteiger partial charge in [-0.1, -0.05) is 40.5 Å². The summed E-state index contributed by atoms with van der Waals surface area (Å²) >= 11 is 0. The topological polar surface area (TPSA) is 58.2 Å². The minimum absolute atomic E-state index is 0.0810. The van der Waals surface area contributed by atoms with E-state index >= 15 is 0 Å². The largest absolute Gasteiger partial charge is 0.352 e. The van der Waals surface area contributed by atoms with Crippen LogP contribution < -0.4 is 10.6 Å². The van der Waals surface area contributed by atoms with Gasteiger partial charge in [0, 0.05) is 11.5 Å². The lowest BCUT2D eigenvalue weighted by Gasteiger charge is -2.24. The molecule has 4 heteroatoms. The Morgan fingerprint density at radius 1 is 1.11 bits per heavy atom. The van der Waals surface area contributed by atoms with Crippen LogP contribution in [-0.2, 0) is 9.59 Å². The zero-order valence-corrected chi connectivity index (χ0v) is 12.6. The molecule has 0 aliphatic rings. The second kappa shape index (κ2) is 7.39. The fourth-order valence-corrected chi connectivity index (χ4v) is 1.44. The molecule has 0 aliphatic carbocycles. The molecule has 0 radical (unpaired) electrons. The number of carbonyl (C=O) groups is 2. The van der Waals surface area contributed by atoms with Crippen molar-refractivity contribution in [1.29, 1.82) is 0 Å². The van der Waals surface area contributed by atoms with Crippen molar-refractivity contribution in [2.75, 3.05) is 0 Å². The molecule has 0 heterocycles. The van der Waals surface area contributed by atoms with Crippen LogP contribution >= 0.6 is 0 Å². The van der Waals surface area contributed by atoms with E-state index in [4.69, 9.17) is 0 Å². The smallest absolute Gasteiger partial charge is 0.242 e. The number of hydrogen-bond acceptors (Lipinski definition) is 2. The van der Waals surface area contributed by atoms with E-state index in [1.54, 1.807) is 0 Å². The van der Waals surface area contributed by atoms with Crippen molar-refractivity contribution in [2.24, 2.45) is 5.41 Å². The van der Waals surface area contributed by atoms with Gasteiger partial charge in [0.1, 0.15) is 6.04 Å². The summed E-state index contributed by atoms with van der Waals surface area (Å²) in [5.41, 5.74) is -0.470. The van der Waals surface area contributed by atoms with E-state index in [1.807, 2.05) is 34.6 Å². The fourth-order valence-electron chi connectivity index (χ4n) is 1.44. The highest BCUT2D eigenvalue weighted by Crippen LogP contribution is 2.14. The van der Waals surface area contributed by atoms with E-state index in [2.05, 4.69) is 17.6 Å². The summed E-state index contributed by atoms with van der Waals surface area (Å²) in [5, 5.41) is 5.70. The Kier molecular flexibility index (Phi) is 6.96. The number of rotatable bonds is 6. The van der Waals surface area contributed by atoms with Gasteiger partial charge in [0.05, 0.1) is 0 Å². The number of amides is 2. The molecular formula is C14H28N2O2. The molecule has 1 atom stereocenters. The van der Waals surface area contributed by atoms with E-state index in [9.17, 15) is 9.59 Å². The molecule has 4 nitrogen and oxygen atoms in total. The predicted molar refractivity (Wildman–Crippen MR) is 74.2 cm³/mol. The summed E-state index contributed by atoms with van der Waals surface area (Å²) in [5.74, 6) is -0.168. The van der Waals surface area contributed by atoms with Crippen molar-refractivity contribution >= 4 is 11.8 Å². The normalized spacial score (nSPS) is 13.3. The van der Waals surface area contributed by atoms with Crippen LogP contribution in [-0.4, -0.2) is 23.9 Å². The molecule has 2 N–H and O–H groups in total. The molecule has 0 saturated heterocycles. The quantitative estimate of drug-likeness (QED) is 0.765. The van der Waals surface area contributed by atoms with Crippen molar-refractivity contribution in [3.8, 4) is 0 Å². The van der Waals surface area contributed by atoms with Gasteiger partial charge in [-0.05, 0) is 20.3 Å². The first-order valence-electron chi connectivity index (χ1n) is 6.79. The highest BCUT2D eigenvalue weighted by Gasteiger charge is 2.27. The molecule has 1 unspecified atom stereocenters. The van der Waals surface area contributed by atoms with Crippen LogP contribution in [0.4, 0.5) is 0 Å². The first-order chi connectivity index (χ1) is 8.18. The molecule has 0 rings (SSSR count). The summed E-state index contributed by atoms with van der Waals surface area (Å²) < 4.78 is 0. The van der Waals surface area contributed by atoms with Crippen molar-refractivity contribution in [3.05, 3.63) is 0 Å². The first kappa shape index (κ1) is 16.9. The van der Waals surface area contributed by atoms with Crippen molar-refractivity contribution in [2.45, 2.75) is 72.9 Å². The van der Waals surface area contributed by atoms with Crippen molar-refractivity contribution in [3.63, 3.8) is 0 Å². The van der Waals surface area contributed by atoms with Crippen LogP contribution in [0.25, 0.3) is 0 Å². The van der Waals surface area contributed by atoms with E-state index < -0.39 is 11.5 Å². The third-order valence-corrected chi connectivity index (χ3v) is 2.58. The van der Waals surface area contributed by atoms with Gasteiger partial charge in [-0.2, -0.15) is 0 Å². The molecule has 0 spiro atoms. The summed E-state index contributed by atoms with van der Waals surface area (Å²) in [6, 6.07) is -0.327. The van der Waals surface area contributed by atoms with Crippen LogP contribution in [0.2, 0.25) is 0 Å². The Hall–Kier alpha value is -1.06. The third-order valence-electron chi connectivity index (χ3n) is 2.58. The van der Waals surface area contributed by atoms with Crippen LogP contribution in [0.3, 0.4) is 0 Å². The summed E-state index contributed by atoms with van der Waals surface area (Å²) in [6.07, 6.45) is 2.63. The maximum absolute atomic E-state index is 12.0. The van der Waals surface area contributed by atoms with Crippen LogP contribution in [0.15, 0.2) is 0 Å². The molecule has 0 aromatic rings. The molecule has 0 fully saturated rings. The number of hydrogen-bond donors (Lipinski definition) is 2. The second-order valence-corrected chi connectivity index (χ2v) is 6.08. The Balaban J connectivity index is 4.58. The molecule has 0 aliphatic heterocycles. The standard InChI is InChI=1S/C14H28N2O2/c1-7-8-9-11(12(17)15-10(2)3)16-13(18)14(4,5)6/h10-11H,7-9H2,1-6H3,(H,15,17)(H,16,18). The van der Waals surface area contributed by atoms with Gasteiger partial charge >= 0.3 is 0 Å². The summed E-state index contributed by atoms with van der Waals surface area (Å²) in [7, 11) is 0. The molecule has 0 aromatic carbocycles. The van der Waals surface area contributed by atoms with Crippen LogP contribution in [0.5, 0.6) is 0 Å². The zero-order chi connectivity index (χ0) is 14.3. The Morgan fingerprint density at radius 2 is 1.67 bits per heavy atom. The molecule has 106 valence electrons. The SMILES string of the molecule is CCCCC(NC(=O)C(C)(C)C)C(=O)NC(C)C. The van der Waals surface area contributed by atoms with Crippen molar-refractivity contribution in [1.82, 2.24) is 10.6 Å². The fraction of sp³-hybridized carbons (Fsp3) is 0.857. The van der Waals surface area contributed by atoms with Gasteiger partial charge < -0.3 is 10.6 Å². The first-order valence-corrected chi connectivity index (χ1v) is 6.79. The maximum atomic E-state index is 12.0. The highest BCUT2D eigenvalue weighted by molar-refractivity contribution is 5.89. The lowest BCUT2D eigenvalue weighted by atomic mass is 9.94. The minimum Gasteiger partial charge on any atom is -0.352 e. The van der Waals surface area contributed by atoms with E-state index in [-0.39, 0.29) is 17.9 Å². The van der Waals surface area contributed by atoms with Gasteiger partial charge in [0.25, 0.3) is 0 Å². The van der Waals surface area contributed by atoms with Crippen molar-refractivity contribution < 1.29 is 9.59 Å². The average molecular weight is 256 g/mol. The van der Waals surface area contributed by atoms with Gasteiger partial charge in [-0.25, -0.2) is 0 Å². The minimum atomic E-state index is -0.470. The molecule has 0 aromatic heterocycles. The molecule has 0 bridgehead atoms. The number of unbranched alkanes of at least 4 members (excludes halogenated alkanes) is 1. The van der Waals surface area contributed by atoms with E-state index in [1.165, 1.54) is 0 Å². The second-order valence-electron chi connectivity index (χ2n) is 6.08. The lowest BCUT2D eigenvalue weighted by molar-refractivity contribution is -0.133. The van der Waals surface area contributed by atoms with E-state index in [0.717, 1.165) is 12.8 Å². The summed E-state index contributed by atoms with van der Waals surface area (Å²) in [4.78, 5) is 23.9. The molecule has 0 saturated carbocycles. The molecule has 2 amide bonds. The Labute approximate surface area is 111 Å². The Morgan fingerprint density at radius 3 is 2.06 bits per heavy atom. The van der Waals surface area contributed by atoms with Crippen LogP contribution in [0, 0.1) is 5.41 Å². The van der Waals surface area contributed by atoms with E-state index in [0.29, 0.717) is 6.42 Å². The van der Waals surface area contributed by atoms with Crippen LogP contribution in [0.1, 0.15) is 60.8 Å². The monoisotopic (exact) mass is 256 g/mol. The highest BCUT2D eigenvalue weighted by atomic mass is 16.2. The zero-order valence-electron chi connectivity index (χ0n) is 12.6. The van der Waals surface area contributed by atoms with Gasteiger partial charge in [0.15, 0.2) is 0 Å². The lowest BCUT2D eigenvalue weighted by Crippen LogP contribution is -2.51. The van der Waals surface area contributed by atoms with Gasteiger partial charge in [-0.15, -0.1) is 0 Å². The Bertz CT molecular complexity index is 280. The number of nitrogens with one attached hydrogen (secondary N) is 2. The summed E-state index contributed by atoms with van der Waals surface area (Å²) in [6.45, 7) is 11.4. The molecular weight excluding hydrogens is 228 g/mol.